The molecular weight excluding hydrogens is 186 g/mol. The second-order valence-electron chi connectivity index (χ2n) is 5.26. The zero-order valence-electron chi connectivity index (χ0n) is 10.4. The average molecular weight is 209 g/mol. The molecule has 1 aromatic rings. The number of aromatic nitrogens is 2. The number of nitrogens with zero attached hydrogens (tertiary/aromatic N) is 2. The molecule has 3 nitrogen and oxygen atoms in total. The van der Waals surface area contributed by atoms with Crippen molar-refractivity contribution in [2.45, 2.75) is 40.7 Å². The maximum atomic E-state index is 4.20. The van der Waals surface area contributed by atoms with E-state index in [1.54, 1.807) is 0 Å². The van der Waals surface area contributed by atoms with E-state index < -0.39 is 0 Å². The van der Waals surface area contributed by atoms with E-state index in [-0.39, 0.29) is 0 Å². The van der Waals surface area contributed by atoms with Gasteiger partial charge < -0.3 is 9.88 Å². The molecule has 0 bridgehead atoms. The Balaban J connectivity index is 2.10. The van der Waals surface area contributed by atoms with E-state index >= 15 is 0 Å². The van der Waals surface area contributed by atoms with Gasteiger partial charge in [-0.1, -0.05) is 20.8 Å². The smallest absolute Gasteiger partial charge is 0.105 e. The van der Waals surface area contributed by atoms with E-state index in [1.807, 2.05) is 19.3 Å². The summed E-state index contributed by atoms with van der Waals surface area (Å²) in [7, 11) is 0. The van der Waals surface area contributed by atoms with Gasteiger partial charge in [0.2, 0.25) is 0 Å². The summed E-state index contributed by atoms with van der Waals surface area (Å²) in [5, 5.41) is 3.47. The third kappa shape index (κ3) is 4.98. The largest absolute Gasteiger partial charge is 0.335 e. The van der Waals surface area contributed by atoms with E-state index in [0.29, 0.717) is 5.41 Å². The first-order valence-corrected chi connectivity index (χ1v) is 5.67. The number of hydrogen-bond acceptors (Lipinski definition) is 2. The molecule has 0 aliphatic carbocycles. The van der Waals surface area contributed by atoms with Crippen molar-refractivity contribution < 1.29 is 0 Å². The Bertz CT molecular complexity index is 283. The number of rotatable bonds is 5. The molecule has 1 rings (SSSR count). The molecule has 0 saturated carbocycles. The average Bonchev–Trinajstić information content (AvgIpc) is 2.49. The molecule has 3 heteroatoms. The number of nitrogens with one attached hydrogen (secondary N) is 1. The van der Waals surface area contributed by atoms with Crippen molar-refractivity contribution in [1.82, 2.24) is 14.9 Å². The van der Waals surface area contributed by atoms with Gasteiger partial charge in [-0.05, 0) is 31.8 Å². The molecule has 1 aromatic heterocycles. The summed E-state index contributed by atoms with van der Waals surface area (Å²) in [6, 6.07) is 0. The van der Waals surface area contributed by atoms with Gasteiger partial charge in [-0.2, -0.15) is 0 Å². The molecule has 0 aliphatic heterocycles. The van der Waals surface area contributed by atoms with E-state index in [4.69, 9.17) is 0 Å². The van der Waals surface area contributed by atoms with Crippen LogP contribution in [0.3, 0.4) is 0 Å². The Kier molecular flexibility index (Phi) is 4.33. The molecule has 0 saturated heterocycles. The van der Waals surface area contributed by atoms with Crippen molar-refractivity contribution in [3.8, 4) is 0 Å². The van der Waals surface area contributed by atoms with Gasteiger partial charge in [0.25, 0.3) is 0 Å². The van der Waals surface area contributed by atoms with Gasteiger partial charge in [0.15, 0.2) is 0 Å². The van der Waals surface area contributed by atoms with Crippen molar-refractivity contribution in [2.24, 2.45) is 5.41 Å². The normalized spacial score (nSPS) is 12.0. The minimum absolute atomic E-state index is 0.380. The molecule has 1 N–H and O–H groups in total. The fourth-order valence-electron chi connectivity index (χ4n) is 1.48. The minimum atomic E-state index is 0.380. The second kappa shape index (κ2) is 5.31. The molecule has 0 unspecified atom stereocenters. The molecule has 0 spiro atoms. The van der Waals surface area contributed by atoms with E-state index in [9.17, 15) is 0 Å². The van der Waals surface area contributed by atoms with Crippen molar-refractivity contribution in [1.29, 1.82) is 0 Å². The van der Waals surface area contributed by atoms with Gasteiger partial charge >= 0.3 is 0 Å². The molecule has 0 atom stereocenters. The molecule has 0 fully saturated rings. The minimum Gasteiger partial charge on any atom is -0.335 e. The summed E-state index contributed by atoms with van der Waals surface area (Å²) in [5.74, 6) is 1.10. The van der Waals surface area contributed by atoms with Crippen LogP contribution < -0.4 is 5.32 Å². The summed E-state index contributed by atoms with van der Waals surface area (Å²) in [6.45, 7) is 12.0. The highest BCUT2D eigenvalue weighted by Gasteiger charge is 2.08. The van der Waals surface area contributed by atoms with Crippen LogP contribution in [0.15, 0.2) is 12.4 Å². The molecule has 0 radical (unpaired) electrons. The number of aryl methyl sites for hydroxylation is 2. The Morgan fingerprint density at radius 2 is 2.13 bits per heavy atom. The van der Waals surface area contributed by atoms with Gasteiger partial charge in [-0.25, -0.2) is 4.98 Å². The molecule has 0 aliphatic rings. The summed E-state index contributed by atoms with van der Waals surface area (Å²) in [4.78, 5) is 4.20. The van der Waals surface area contributed by atoms with Gasteiger partial charge in [0.05, 0.1) is 0 Å². The second-order valence-corrected chi connectivity index (χ2v) is 5.26. The fraction of sp³-hybridized carbons (Fsp3) is 0.750. The fourth-order valence-corrected chi connectivity index (χ4v) is 1.48. The first-order chi connectivity index (χ1) is 6.99. The molecule has 15 heavy (non-hydrogen) atoms. The van der Waals surface area contributed by atoms with Crippen molar-refractivity contribution in [3.63, 3.8) is 0 Å². The van der Waals surface area contributed by atoms with Crippen LogP contribution in [-0.4, -0.2) is 22.6 Å². The quantitative estimate of drug-likeness (QED) is 0.754. The van der Waals surface area contributed by atoms with Crippen molar-refractivity contribution in [3.05, 3.63) is 18.2 Å². The standard InChI is InChI=1S/C12H23N3/c1-11-14-7-9-15(11)8-5-6-13-10-12(2,3)4/h7,9,13H,5-6,8,10H2,1-4H3. The topological polar surface area (TPSA) is 29.9 Å². The molecule has 1 heterocycles. The summed E-state index contributed by atoms with van der Waals surface area (Å²) >= 11 is 0. The predicted molar refractivity (Wildman–Crippen MR) is 63.9 cm³/mol. The highest BCUT2D eigenvalue weighted by molar-refractivity contribution is 4.88. The highest BCUT2D eigenvalue weighted by atomic mass is 15.1. The van der Waals surface area contributed by atoms with E-state index in [0.717, 1.165) is 31.9 Å². The van der Waals surface area contributed by atoms with E-state index in [2.05, 4.69) is 35.6 Å². The third-order valence-electron chi connectivity index (χ3n) is 2.33. The maximum absolute atomic E-state index is 4.20. The van der Waals surface area contributed by atoms with Crippen LogP contribution in [0.1, 0.15) is 33.0 Å². The zero-order chi connectivity index (χ0) is 11.3. The zero-order valence-corrected chi connectivity index (χ0v) is 10.4. The lowest BCUT2D eigenvalue weighted by Crippen LogP contribution is -2.28. The van der Waals surface area contributed by atoms with Crippen LogP contribution in [-0.2, 0) is 6.54 Å². The first-order valence-electron chi connectivity index (χ1n) is 5.67. The Hall–Kier alpha value is -0.830. The molecule has 86 valence electrons. The highest BCUT2D eigenvalue weighted by Crippen LogP contribution is 2.10. The van der Waals surface area contributed by atoms with Gasteiger partial charge in [0.1, 0.15) is 5.82 Å². The van der Waals surface area contributed by atoms with Crippen molar-refractivity contribution in [2.75, 3.05) is 13.1 Å². The lowest BCUT2D eigenvalue weighted by Gasteiger charge is -2.18. The van der Waals surface area contributed by atoms with Crippen LogP contribution in [0.5, 0.6) is 0 Å². The van der Waals surface area contributed by atoms with Gasteiger partial charge in [-0.3, -0.25) is 0 Å². The lowest BCUT2D eigenvalue weighted by atomic mass is 9.97. The lowest BCUT2D eigenvalue weighted by molar-refractivity contribution is 0.376. The van der Waals surface area contributed by atoms with Gasteiger partial charge in [-0.15, -0.1) is 0 Å². The van der Waals surface area contributed by atoms with Crippen LogP contribution in [0.25, 0.3) is 0 Å². The van der Waals surface area contributed by atoms with Crippen LogP contribution in [0.2, 0.25) is 0 Å². The number of imidazole rings is 1. The van der Waals surface area contributed by atoms with Crippen LogP contribution in [0, 0.1) is 12.3 Å². The maximum Gasteiger partial charge on any atom is 0.105 e. The SMILES string of the molecule is Cc1nccn1CCCNCC(C)(C)C. The molecule has 0 amide bonds. The van der Waals surface area contributed by atoms with Gasteiger partial charge in [0, 0.05) is 18.9 Å². The predicted octanol–water partition coefficient (Wildman–Crippen LogP) is 2.22. The third-order valence-corrected chi connectivity index (χ3v) is 2.33. The monoisotopic (exact) mass is 209 g/mol. The van der Waals surface area contributed by atoms with E-state index in [1.165, 1.54) is 0 Å². The first kappa shape index (κ1) is 12.2. The summed E-state index contributed by atoms with van der Waals surface area (Å²) < 4.78 is 2.19. The Morgan fingerprint density at radius 1 is 1.40 bits per heavy atom. The Morgan fingerprint density at radius 3 is 2.67 bits per heavy atom. The summed E-state index contributed by atoms with van der Waals surface area (Å²) in [6.07, 6.45) is 5.06. The molecule has 0 aromatic carbocycles. The number of hydrogen-bond donors (Lipinski definition) is 1. The van der Waals surface area contributed by atoms with Crippen LogP contribution >= 0.6 is 0 Å². The molecular formula is C12H23N3. The van der Waals surface area contributed by atoms with Crippen LogP contribution in [0.4, 0.5) is 0 Å². The summed E-state index contributed by atoms with van der Waals surface area (Å²) in [5.41, 5.74) is 0.380. The Labute approximate surface area is 92.9 Å². The van der Waals surface area contributed by atoms with Crippen molar-refractivity contribution >= 4 is 0 Å².